The van der Waals surface area contributed by atoms with Crippen LogP contribution in [0.25, 0.3) is 11.0 Å². The summed E-state index contributed by atoms with van der Waals surface area (Å²) in [4.78, 5) is 19.0. The van der Waals surface area contributed by atoms with Gasteiger partial charge in [-0.25, -0.2) is 9.37 Å². The Kier molecular flexibility index (Phi) is 3.52. The Morgan fingerprint density at radius 3 is 2.67 bits per heavy atom. The first-order valence-electron chi connectivity index (χ1n) is 9.85. The molecular formula is C21H26FN3O2. The summed E-state index contributed by atoms with van der Waals surface area (Å²) in [5, 5.41) is 10.4. The minimum Gasteiger partial charge on any atom is -0.390 e. The van der Waals surface area contributed by atoms with Crippen molar-refractivity contribution in [3.63, 3.8) is 0 Å². The van der Waals surface area contributed by atoms with Crippen LogP contribution in [-0.4, -0.2) is 44.2 Å². The number of hydrogen-bond donors (Lipinski definition) is 1. The van der Waals surface area contributed by atoms with Crippen molar-refractivity contribution in [2.24, 2.45) is 24.3 Å². The number of rotatable bonds is 3. The molecular weight excluding hydrogens is 345 g/mol. The van der Waals surface area contributed by atoms with Crippen molar-refractivity contribution >= 4 is 16.9 Å². The van der Waals surface area contributed by atoms with E-state index >= 15 is 0 Å². The maximum atomic E-state index is 13.8. The number of likely N-dealkylation sites (tertiary alicyclic amines) is 1. The molecule has 5 nitrogen and oxygen atoms in total. The minimum absolute atomic E-state index is 0.0230. The van der Waals surface area contributed by atoms with Crippen LogP contribution >= 0.6 is 0 Å². The number of halogens is 1. The van der Waals surface area contributed by atoms with Crippen molar-refractivity contribution in [3.8, 4) is 0 Å². The molecule has 0 unspecified atom stereocenters. The molecule has 1 spiro atoms. The van der Waals surface area contributed by atoms with Crippen LogP contribution in [0.3, 0.4) is 0 Å². The molecule has 0 bridgehead atoms. The molecule has 1 saturated heterocycles. The Balaban J connectivity index is 1.15. The topological polar surface area (TPSA) is 58.4 Å². The first-order valence-corrected chi connectivity index (χ1v) is 9.85. The van der Waals surface area contributed by atoms with E-state index in [1.54, 1.807) is 11.5 Å². The van der Waals surface area contributed by atoms with E-state index in [2.05, 4.69) is 4.98 Å². The van der Waals surface area contributed by atoms with Gasteiger partial charge in [-0.2, -0.15) is 0 Å². The predicted octanol–water partition coefficient (Wildman–Crippen LogP) is 2.65. The van der Waals surface area contributed by atoms with Crippen molar-refractivity contribution in [2.45, 2.75) is 44.6 Å². The van der Waals surface area contributed by atoms with E-state index in [0.717, 1.165) is 38.0 Å². The van der Waals surface area contributed by atoms with Gasteiger partial charge in [-0.15, -0.1) is 0 Å². The average Bonchev–Trinajstić information content (AvgIpc) is 2.79. The second-order valence-corrected chi connectivity index (χ2v) is 9.54. The SMILES string of the molecule is Cn1cc(F)c2ccc(CC3CC4(C3)CN(C(=O)C3CC(C)(O)C3)C4)nc21. The van der Waals surface area contributed by atoms with Crippen LogP contribution in [0.5, 0.6) is 0 Å². The molecule has 1 N–H and O–H groups in total. The zero-order chi connectivity index (χ0) is 19.0. The fraction of sp³-hybridized carbons (Fsp3) is 0.619. The molecule has 2 aromatic rings. The van der Waals surface area contributed by atoms with E-state index in [1.807, 2.05) is 24.1 Å². The zero-order valence-corrected chi connectivity index (χ0v) is 15.9. The van der Waals surface area contributed by atoms with Crippen molar-refractivity contribution < 1.29 is 14.3 Å². The lowest BCUT2D eigenvalue weighted by molar-refractivity contribution is -0.171. The summed E-state index contributed by atoms with van der Waals surface area (Å²) >= 11 is 0. The zero-order valence-electron chi connectivity index (χ0n) is 15.9. The van der Waals surface area contributed by atoms with Crippen LogP contribution in [-0.2, 0) is 18.3 Å². The fourth-order valence-electron chi connectivity index (χ4n) is 5.57. The number of pyridine rings is 1. The lowest BCUT2D eigenvalue weighted by Gasteiger charge is -2.60. The van der Waals surface area contributed by atoms with Crippen molar-refractivity contribution in [3.05, 3.63) is 29.8 Å². The molecule has 0 atom stereocenters. The third-order valence-corrected chi connectivity index (χ3v) is 6.86. The standard InChI is InChI=1S/C21H26FN3O2/c1-20(27)8-14(9-20)19(26)25-11-21(12-25)6-13(7-21)5-15-3-4-16-17(22)10-24(2)18(16)23-15/h3-4,10,13-14,27H,5-9,11-12H2,1-2H3. The average molecular weight is 371 g/mol. The van der Waals surface area contributed by atoms with Gasteiger partial charge in [-0.3, -0.25) is 4.79 Å². The first kappa shape index (κ1) is 17.2. The van der Waals surface area contributed by atoms with Gasteiger partial charge in [0, 0.05) is 43.4 Å². The molecule has 5 rings (SSSR count). The van der Waals surface area contributed by atoms with Gasteiger partial charge in [-0.1, -0.05) is 0 Å². The smallest absolute Gasteiger partial charge is 0.225 e. The van der Waals surface area contributed by atoms with E-state index in [4.69, 9.17) is 0 Å². The molecule has 1 amide bonds. The molecule has 0 aromatic carbocycles. The molecule has 2 aliphatic carbocycles. The molecule has 144 valence electrons. The molecule has 6 heteroatoms. The van der Waals surface area contributed by atoms with Crippen molar-refractivity contribution in [2.75, 3.05) is 13.1 Å². The molecule has 3 heterocycles. The van der Waals surface area contributed by atoms with Crippen LogP contribution < -0.4 is 0 Å². The molecule has 2 aromatic heterocycles. The highest BCUT2D eigenvalue weighted by atomic mass is 19.1. The number of carbonyl (C=O) groups is 1. The van der Waals surface area contributed by atoms with Gasteiger partial charge in [0.2, 0.25) is 5.91 Å². The largest absolute Gasteiger partial charge is 0.390 e. The van der Waals surface area contributed by atoms with Crippen LogP contribution in [0.15, 0.2) is 18.3 Å². The minimum atomic E-state index is -0.639. The van der Waals surface area contributed by atoms with E-state index in [9.17, 15) is 14.3 Å². The van der Waals surface area contributed by atoms with Gasteiger partial charge in [-0.05, 0) is 57.1 Å². The van der Waals surface area contributed by atoms with Gasteiger partial charge in [0.1, 0.15) is 11.5 Å². The van der Waals surface area contributed by atoms with Gasteiger partial charge in [0.05, 0.1) is 11.0 Å². The summed E-state index contributed by atoms with van der Waals surface area (Å²) in [7, 11) is 1.82. The van der Waals surface area contributed by atoms with Crippen LogP contribution in [0.1, 0.15) is 38.3 Å². The Labute approximate surface area is 158 Å². The van der Waals surface area contributed by atoms with Gasteiger partial charge >= 0.3 is 0 Å². The van der Waals surface area contributed by atoms with E-state index in [0.29, 0.717) is 35.2 Å². The van der Waals surface area contributed by atoms with E-state index in [1.165, 1.54) is 6.20 Å². The highest BCUT2D eigenvalue weighted by Crippen LogP contribution is 2.53. The van der Waals surface area contributed by atoms with E-state index < -0.39 is 5.60 Å². The Morgan fingerprint density at radius 1 is 1.30 bits per heavy atom. The lowest BCUT2D eigenvalue weighted by atomic mass is 9.56. The van der Waals surface area contributed by atoms with Crippen molar-refractivity contribution in [1.82, 2.24) is 14.5 Å². The fourth-order valence-corrected chi connectivity index (χ4v) is 5.57. The van der Waals surface area contributed by atoms with Gasteiger partial charge in [0.25, 0.3) is 0 Å². The predicted molar refractivity (Wildman–Crippen MR) is 99.5 cm³/mol. The number of carbonyl (C=O) groups excluding carboxylic acids is 1. The molecule has 3 aliphatic rings. The molecule has 1 aliphatic heterocycles. The number of hydrogen-bond acceptors (Lipinski definition) is 3. The second-order valence-electron chi connectivity index (χ2n) is 9.54. The Bertz CT molecular complexity index is 913. The summed E-state index contributed by atoms with van der Waals surface area (Å²) in [5.74, 6) is 0.631. The van der Waals surface area contributed by atoms with Crippen molar-refractivity contribution in [1.29, 1.82) is 0 Å². The first-order chi connectivity index (χ1) is 12.7. The normalized spacial score (nSPS) is 29.5. The maximum absolute atomic E-state index is 13.8. The second kappa shape index (κ2) is 5.53. The lowest BCUT2D eigenvalue weighted by Crippen LogP contribution is -2.66. The number of fused-ring (bicyclic) bond motifs is 1. The third-order valence-electron chi connectivity index (χ3n) is 6.86. The summed E-state index contributed by atoms with van der Waals surface area (Å²) in [6.45, 7) is 3.55. The monoisotopic (exact) mass is 371 g/mol. The van der Waals surface area contributed by atoms with Crippen LogP contribution in [0.4, 0.5) is 4.39 Å². The third kappa shape index (κ3) is 2.76. The Hall–Kier alpha value is -1.95. The number of aryl methyl sites for hydroxylation is 1. The number of amides is 1. The van der Waals surface area contributed by atoms with Gasteiger partial charge < -0.3 is 14.6 Å². The number of nitrogens with zero attached hydrogens (tertiary/aromatic N) is 3. The summed E-state index contributed by atoms with van der Waals surface area (Å²) in [6.07, 6.45) is 5.88. The highest BCUT2D eigenvalue weighted by molar-refractivity contribution is 5.81. The highest BCUT2D eigenvalue weighted by Gasteiger charge is 2.55. The number of aromatic nitrogens is 2. The molecule has 2 saturated carbocycles. The quantitative estimate of drug-likeness (QED) is 0.902. The summed E-state index contributed by atoms with van der Waals surface area (Å²) < 4.78 is 15.5. The van der Waals surface area contributed by atoms with Crippen LogP contribution in [0.2, 0.25) is 0 Å². The van der Waals surface area contributed by atoms with Gasteiger partial charge in [0.15, 0.2) is 0 Å². The maximum Gasteiger partial charge on any atom is 0.225 e. The summed E-state index contributed by atoms with van der Waals surface area (Å²) in [6, 6.07) is 3.77. The van der Waals surface area contributed by atoms with Crippen LogP contribution in [0, 0.1) is 23.1 Å². The Morgan fingerprint density at radius 2 is 2.00 bits per heavy atom. The number of aliphatic hydroxyl groups is 1. The summed E-state index contributed by atoms with van der Waals surface area (Å²) in [5.41, 5.74) is 1.40. The molecule has 3 fully saturated rings. The molecule has 0 radical (unpaired) electrons. The molecule has 27 heavy (non-hydrogen) atoms. The van der Waals surface area contributed by atoms with E-state index in [-0.39, 0.29) is 17.6 Å².